The first-order chi connectivity index (χ1) is 9.06. The fourth-order valence-corrected chi connectivity index (χ4v) is 1.39. The summed E-state index contributed by atoms with van der Waals surface area (Å²) in [6.07, 6.45) is 0.989. The summed E-state index contributed by atoms with van der Waals surface area (Å²) in [5.41, 5.74) is 6.46. The predicted octanol–water partition coefficient (Wildman–Crippen LogP) is 1.50. The number of carbonyl (C=O) groups is 1. The van der Waals surface area contributed by atoms with Crippen LogP contribution in [0.2, 0.25) is 0 Å². The van der Waals surface area contributed by atoms with E-state index in [9.17, 15) is 9.59 Å². The zero-order chi connectivity index (χ0) is 13.8. The summed E-state index contributed by atoms with van der Waals surface area (Å²) in [4.78, 5) is 22.1. The molecule has 0 aliphatic heterocycles. The molecule has 0 spiro atoms. The van der Waals surface area contributed by atoms with E-state index in [2.05, 4.69) is 0 Å². The van der Waals surface area contributed by atoms with Gasteiger partial charge in [0.15, 0.2) is 0 Å². The largest absolute Gasteiger partial charge is 0.482 e. The lowest BCUT2D eigenvalue weighted by Crippen LogP contribution is -2.10. The van der Waals surface area contributed by atoms with Gasteiger partial charge in [-0.2, -0.15) is 0 Å². The van der Waals surface area contributed by atoms with E-state index in [1.807, 2.05) is 0 Å². The molecule has 1 aromatic carbocycles. The first-order valence-corrected chi connectivity index (χ1v) is 5.39. The Morgan fingerprint density at radius 1 is 1.32 bits per heavy atom. The van der Waals surface area contributed by atoms with E-state index in [1.54, 1.807) is 24.3 Å². The molecule has 0 saturated carbocycles. The van der Waals surface area contributed by atoms with Crippen molar-refractivity contribution in [3.05, 3.63) is 58.1 Å². The van der Waals surface area contributed by atoms with Crippen LogP contribution in [0.5, 0.6) is 5.75 Å². The van der Waals surface area contributed by atoms with E-state index in [4.69, 9.17) is 20.0 Å². The lowest BCUT2D eigenvalue weighted by molar-refractivity contribution is 0.0658. The van der Waals surface area contributed by atoms with Crippen molar-refractivity contribution in [3.63, 3.8) is 0 Å². The van der Waals surface area contributed by atoms with Gasteiger partial charge in [0, 0.05) is 11.8 Å². The lowest BCUT2D eigenvalue weighted by atomic mass is 10.2. The maximum absolute atomic E-state index is 11.6. The van der Waals surface area contributed by atoms with Crippen molar-refractivity contribution in [2.24, 2.45) is 0 Å². The number of nitrogens with two attached hydrogens (primary N) is 1. The molecule has 2 rings (SSSR count). The number of aromatic carboxylic acids is 1. The number of anilines is 1. The molecule has 98 valence electrons. The Balaban J connectivity index is 2.10. The summed E-state index contributed by atoms with van der Waals surface area (Å²) in [6.45, 7) is 0.164. The minimum Gasteiger partial charge on any atom is -0.482 e. The van der Waals surface area contributed by atoms with Crippen molar-refractivity contribution in [3.8, 4) is 5.75 Å². The summed E-state index contributed by atoms with van der Waals surface area (Å²) in [5.74, 6) is -1.77. The fourth-order valence-electron chi connectivity index (χ4n) is 1.39. The van der Waals surface area contributed by atoms with Crippen molar-refractivity contribution in [1.29, 1.82) is 0 Å². The smallest absolute Gasteiger partial charge is 0.371 e. The van der Waals surface area contributed by atoms with Crippen LogP contribution >= 0.6 is 0 Å². The maximum Gasteiger partial charge on any atom is 0.371 e. The highest BCUT2D eigenvalue weighted by atomic mass is 16.5. The number of carboxylic acid groups (broad SMARTS) is 1. The summed E-state index contributed by atoms with van der Waals surface area (Å²) in [5, 5.41) is 8.65. The van der Waals surface area contributed by atoms with Crippen LogP contribution in [0.3, 0.4) is 0 Å². The monoisotopic (exact) mass is 261 g/mol. The summed E-state index contributed by atoms with van der Waals surface area (Å²) < 4.78 is 10.0. The third-order valence-electron chi connectivity index (χ3n) is 2.38. The molecule has 0 fully saturated rings. The Morgan fingerprint density at radius 2 is 2.00 bits per heavy atom. The highest BCUT2D eigenvalue weighted by Crippen LogP contribution is 2.10. The normalized spacial score (nSPS) is 10.1. The van der Waals surface area contributed by atoms with Gasteiger partial charge in [0.2, 0.25) is 16.9 Å². The van der Waals surface area contributed by atoms with Gasteiger partial charge >= 0.3 is 5.97 Å². The Kier molecular flexibility index (Phi) is 3.51. The molecule has 2 aromatic rings. The molecular formula is C13H11NO5. The molecule has 19 heavy (non-hydrogen) atoms. The van der Waals surface area contributed by atoms with Gasteiger partial charge in [-0.05, 0) is 17.7 Å². The van der Waals surface area contributed by atoms with Crippen LogP contribution in [0, 0.1) is 0 Å². The van der Waals surface area contributed by atoms with E-state index in [1.165, 1.54) is 0 Å². The molecule has 0 saturated heterocycles. The minimum absolute atomic E-state index is 0.0400. The Hall–Kier alpha value is -2.76. The van der Waals surface area contributed by atoms with Gasteiger partial charge in [-0.1, -0.05) is 12.1 Å². The number of carboxylic acids is 1. The lowest BCUT2D eigenvalue weighted by Gasteiger charge is -2.05. The molecule has 0 atom stereocenters. The molecular weight excluding hydrogens is 250 g/mol. The number of rotatable bonds is 4. The van der Waals surface area contributed by atoms with E-state index < -0.39 is 17.2 Å². The number of benzene rings is 1. The molecule has 0 amide bonds. The quantitative estimate of drug-likeness (QED) is 0.808. The second kappa shape index (κ2) is 5.26. The molecule has 0 bridgehead atoms. The molecule has 3 N–H and O–H groups in total. The van der Waals surface area contributed by atoms with E-state index in [0.29, 0.717) is 5.69 Å². The highest BCUT2D eigenvalue weighted by Gasteiger charge is 2.10. The van der Waals surface area contributed by atoms with Crippen LogP contribution in [0.25, 0.3) is 0 Å². The molecule has 0 radical (unpaired) electrons. The van der Waals surface area contributed by atoms with Crippen molar-refractivity contribution in [2.45, 2.75) is 6.61 Å². The van der Waals surface area contributed by atoms with E-state index in [-0.39, 0.29) is 12.4 Å². The van der Waals surface area contributed by atoms with Crippen LogP contribution < -0.4 is 15.9 Å². The Bertz CT molecular complexity index is 645. The van der Waals surface area contributed by atoms with E-state index >= 15 is 0 Å². The van der Waals surface area contributed by atoms with Crippen molar-refractivity contribution in [2.75, 3.05) is 5.73 Å². The van der Waals surface area contributed by atoms with Gasteiger partial charge in [-0.25, -0.2) is 4.79 Å². The summed E-state index contributed by atoms with van der Waals surface area (Å²) >= 11 is 0. The molecule has 6 nitrogen and oxygen atoms in total. The third kappa shape index (κ3) is 3.12. The fraction of sp³-hybridized carbons (Fsp3) is 0.0769. The van der Waals surface area contributed by atoms with Crippen LogP contribution in [0.4, 0.5) is 5.69 Å². The molecule has 1 heterocycles. The predicted molar refractivity (Wildman–Crippen MR) is 67.1 cm³/mol. The van der Waals surface area contributed by atoms with Crippen molar-refractivity contribution < 1.29 is 19.1 Å². The van der Waals surface area contributed by atoms with Crippen LogP contribution in [0.15, 0.2) is 45.8 Å². The number of ether oxygens (including phenoxy) is 1. The Morgan fingerprint density at radius 3 is 2.58 bits per heavy atom. The van der Waals surface area contributed by atoms with Gasteiger partial charge < -0.3 is 20.0 Å². The molecule has 0 aliphatic carbocycles. The Labute approximate surface area is 108 Å². The topological polar surface area (TPSA) is 103 Å². The zero-order valence-corrected chi connectivity index (χ0v) is 9.83. The summed E-state index contributed by atoms with van der Waals surface area (Å²) in [7, 11) is 0. The van der Waals surface area contributed by atoms with Crippen LogP contribution in [-0.4, -0.2) is 11.1 Å². The maximum atomic E-state index is 11.6. The first kappa shape index (κ1) is 12.7. The second-order valence-electron chi connectivity index (χ2n) is 3.81. The molecule has 6 heteroatoms. The number of hydrogen-bond donors (Lipinski definition) is 2. The van der Waals surface area contributed by atoms with Gasteiger partial charge in [0.25, 0.3) is 0 Å². The van der Waals surface area contributed by atoms with Crippen molar-refractivity contribution >= 4 is 11.7 Å². The average molecular weight is 261 g/mol. The molecule has 1 aromatic heterocycles. The summed E-state index contributed by atoms with van der Waals surface area (Å²) in [6, 6.07) is 7.84. The number of nitrogen functional groups attached to an aromatic ring is 1. The second-order valence-corrected chi connectivity index (χ2v) is 3.81. The third-order valence-corrected chi connectivity index (χ3v) is 2.38. The zero-order valence-electron chi connectivity index (χ0n) is 9.83. The number of hydrogen-bond acceptors (Lipinski definition) is 5. The van der Waals surface area contributed by atoms with Gasteiger partial charge in [-0.15, -0.1) is 0 Å². The van der Waals surface area contributed by atoms with Crippen LogP contribution in [-0.2, 0) is 6.61 Å². The van der Waals surface area contributed by atoms with E-state index in [0.717, 1.165) is 17.9 Å². The van der Waals surface area contributed by atoms with Gasteiger partial charge in [0.05, 0.1) is 0 Å². The standard InChI is InChI=1S/C13H11NO5/c14-9-3-1-8(2-4-9)6-18-12-7-19-11(13(16)17)5-10(12)15/h1-5,7H,6,14H2,(H,16,17). The van der Waals surface area contributed by atoms with Crippen LogP contribution in [0.1, 0.15) is 16.1 Å². The molecule has 0 unspecified atom stereocenters. The molecule has 0 aliphatic rings. The van der Waals surface area contributed by atoms with Gasteiger partial charge in [-0.3, -0.25) is 4.79 Å². The van der Waals surface area contributed by atoms with Gasteiger partial charge in [0.1, 0.15) is 12.9 Å². The first-order valence-electron chi connectivity index (χ1n) is 5.39. The average Bonchev–Trinajstić information content (AvgIpc) is 2.39. The minimum atomic E-state index is -1.30. The van der Waals surface area contributed by atoms with Crippen molar-refractivity contribution in [1.82, 2.24) is 0 Å². The SMILES string of the molecule is Nc1ccc(COc2coc(C(=O)O)cc2=O)cc1. The highest BCUT2D eigenvalue weighted by molar-refractivity contribution is 5.84.